The summed E-state index contributed by atoms with van der Waals surface area (Å²) in [4.78, 5) is 73.9. The van der Waals surface area contributed by atoms with Crippen LogP contribution in [0, 0.1) is 0 Å². The van der Waals surface area contributed by atoms with Gasteiger partial charge in [0.25, 0.3) is 22.2 Å². The highest BCUT2D eigenvalue weighted by Gasteiger charge is 2.21. The maximum atomic E-state index is 14.3. The first-order valence-corrected chi connectivity index (χ1v) is 15.6. The SMILES string of the molecule is O=c1[nH]n(-c2nc3ncccc3cc2-c2ccccc2)c(=O)c2cc3c(=O)n(-c4nc5ncccc5cc4-c4ccccc4)[nH]c(=O)c3cc12. The fourth-order valence-electron chi connectivity index (χ4n) is 6.29. The molecule has 2 N–H and O–H groups in total. The first-order chi connectivity index (χ1) is 24.4. The first kappa shape index (κ1) is 28.8. The summed E-state index contributed by atoms with van der Waals surface area (Å²) in [5, 5.41) is 6.49. The minimum Gasteiger partial charge on any atom is -0.267 e. The van der Waals surface area contributed by atoms with E-state index in [2.05, 4.69) is 30.1 Å². The number of hydrogen-bond donors (Lipinski definition) is 2. The zero-order valence-electron chi connectivity index (χ0n) is 25.9. The molecule has 0 fully saturated rings. The zero-order valence-corrected chi connectivity index (χ0v) is 25.9. The number of benzene rings is 3. The minimum absolute atomic E-state index is 0.0559. The fourth-order valence-corrected chi connectivity index (χ4v) is 6.29. The number of aromatic nitrogens is 8. The summed E-state index contributed by atoms with van der Waals surface area (Å²) >= 11 is 0. The van der Waals surface area contributed by atoms with Crippen LogP contribution >= 0.6 is 0 Å². The summed E-state index contributed by atoms with van der Waals surface area (Å²) in [5.74, 6) is 0.297. The van der Waals surface area contributed by atoms with Gasteiger partial charge in [-0.05, 0) is 59.7 Å². The van der Waals surface area contributed by atoms with Gasteiger partial charge < -0.3 is 0 Å². The minimum atomic E-state index is -0.652. The summed E-state index contributed by atoms with van der Waals surface area (Å²) in [6, 6.07) is 32.2. The number of pyridine rings is 4. The monoisotopic (exact) mass is 654 g/mol. The van der Waals surface area contributed by atoms with Gasteiger partial charge in [0.1, 0.15) is 0 Å². The van der Waals surface area contributed by atoms with Gasteiger partial charge in [-0.15, -0.1) is 0 Å². The third kappa shape index (κ3) is 4.54. The van der Waals surface area contributed by atoms with E-state index in [1.54, 1.807) is 24.5 Å². The number of nitrogens with zero attached hydrogens (tertiary/aromatic N) is 6. The van der Waals surface area contributed by atoms with Gasteiger partial charge in [-0.3, -0.25) is 29.4 Å². The second kappa shape index (κ2) is 11.1. The Morgan fingerprint density at radius 3 is 1.32 bits per heavy atom. The van der Waals surface area contributed by atoms with Gasteiger partial charge in [-0.1, -0.05) is 60.7 Å². The Morgan fingerprint density at radius 2 is 0.880 bits per heavy atom. The topological polar surface area (TPSA) is 161 Å². The van der Waals surface area contributed by atoms with E-state index < -0.39 is 22.2 Å². The summed E-state index contributed by atoms with van der Waals surface area (Å²) in [6.07, 6.45) is 3.18. The molecule has 50 heavy (non-hydrogen) atoms. The van der Waals surface area contributed by atoms with Gasteiger partial charge >= 0.3 is 0 Å². The predicted molar refractivity (Wildman–Crippen MR) is 191 cm³/mol. The van der Waals surface area contributed by atoms with E-state index in [9.17, 15) is 19.2 Å². The molecule has 3 aromatic carbocycles. The highest BCUT2D eigenvalue weighted by atomic mass is 16.2. The predicted octanol–water partition coefficient (Wildman–Crippen LogP) is 4.89. The number of fused-ring (bicyclic) bond motifs is 4. The molecule has 0 aliphatic carbocycles. The Balaban J connectivity index is 1.33. The van der Waals surface area contributed by atoms with Crippen molar-refractivity contribution in [2.75, 3.05) is 0 Å². The molecule has 9 aromatic rings. The average Bonchev–Trinajstić information content (AvgIpc) is 3.17. The highest BCUT2D eigenvalue weighted by molar-refractivity contribution is 5.97. The number of H-pyrrole nitrogens is 2. The molecule has 0 amide bonds. The van der Waals surface area contributed by atoms with E-state index in [-0.39, 0.29) is 33.2 Å². The quantitative estimate of drug-likeness (QED) is 0.254. The van der Waals surface area contributed by atoms with Crippen LogP contribution in [-0.2, 0) is 0 Å². The molecule has 0 saturated carbocycles. The lowest BCUT2D eigenvalue weighted by molar-refractivity contribution is 0.778. The third-order valence-electron chi connectivity index (χ3n) is 8.67. The van der Waals surface area contributed by atoms with Gasteiger partial charge in [0, 0.05) is 34.3 Å². The molecule has 6 aromatic heterocycles. The van der Waals surface area contributed by atoms with Crippen molar-refractivity contribution in [2.24, 2.45) is 0 Å². The molecule has 0 unspecified atom stereocenters. The van der Waals surface area contributed by atoms with Gasteiger partial charge in [0.05, 0.1) is 21.5 Å². The normalized spacial score (nSPS) is 11.5. The largest absolute Gasteiger partial charge is 0.279 e. The van der Waals surface area contributed by atoms with Crippen LogP contribution in [-0.4, -0.2) is 39.5 Å². The molecule has 0 bridgehead atoms. The molecule has 0 radical (unpaired) electrons. The number of rotatable bonds is 4. The molecule has 9 rings (SSSR count). The summed E-state index contributed by atoms with van der Waals surface area (Å²) in [6.45, 7) is 0. The lowest BCUT2D eigenvalue weighted by atomic mass is 10.0. The Kier molecular flexibility index (Phi) is 6.42. The first-order valence-electron chi connectivity index (χ1n) is 15.6. The van der Waals surface area contributed by atoms with Gasteiger partial charge in [0.2, 0.25) is 0 Å². The van der Waals surface area contributed by atoms with Crippen molar-refractivity contribution in [3.8, 4) is 33.9 Å². The fraction of sp³-hybridized carbons (Fsp3) is 0. The molecule has 12 heteroatoms. The van der Waals surface area contributed by atoms with Crippen LogP contribution < -0.4 is 22.2 Å². The average molecular weight is 655 g/mol. The lowest BCUT2D eigenvalue weighted by Gasteiger charge is -2.14. The zero-order chi connectivity index (χ0) is 33.9. The molecule has 12 nitrogen and oxygen atoms in total. The number of aromatic amines is 2. The van der Waals surface area contributed by atoms with E-state index in [1.165, 1.54) is 12.1 Å². The molecule has 238 valence electrons. The van der Waals surface area contributed by atoms with Crippen LogP contribution in [0.15, 0.2) is 141 Å². The van der Waals surface area contributed by atoms with Crippen molar-refractivity contribution in [2.45, 2.75) is 0 Å². The summed E-state index contributed by atoms with van der Waals surface area (Å²) < 4.78 is 2.12. The van der Waals surface area contributed by atoms with Crippen LogP contribution in [0.5, 0.6) is 0 Å². The number of nitrogens with one attached hydrogen (secondary N) is 2. The maximum absolute atomic E-state index is 14.3. The van der Waals surface area contributed by atoms with E-state index >= 15 is 0 Å². The maximum Gasteiger partial charge on any atom is 0.279 e. The molecular weight excluding hydrogens is 632 g/mol. The van der Waals surface area contributed by atoms with E-state index in [0.717, 1.165) is 31.3 Å². The van der Waals surface area contributed by atoms with E-state index in [0.29, 0.717) is 22.4 Å². The van der Waals surface area contributed by atoms with Crippen molar-refractivity contribution in [3.63, 3.8) is 0 Å². The van der Waals surface area contributed by atoms with Crippen molar-refractivity contribution >= 4 is 43.6 Å². The molecule has 6 heterocycles. The second-order valence-corrected chi connectivity index (χ2v) is 11.7. The smallest absolute Gasteiger partial charge is 0.267 e. The van der Waals surface area contributed by atoms with Gasteiger partial charge in [0.15, 0.2) is 22.9 Å². The Labute approximate surface area is 279 Å². The Morgan fingerprint density at radius 1 is 0.460 bits per heavy atom. The van der Waals surface area contributed by atoms with Crippen LogP contribution in [0.1, 0.15) is 0 Å². The lowest BCUT2D eigenvalue weighted by Crippen LogP contribution is -2.32. The standard InChI is InChI=1S/C38H22N8O4/c47-35-27-19-28-30(38(50)46(44-36(28)48)34-26(22-11-5-2-6-12-22)18-24-14-8-16-40-32(24)42-34)20-29(27)37(49)45(43-35)33-25(21-9-3-1-4-10-21)17-23-13-7-15-39-31(23)41-33/h1-20H,(H,43,47)(H,44,48). The molecule has 0 aliphatic heterocycles. The van der Waals surface area contributed by atoms with Crippen LogP contribution in [0.2, 0.25) is 0 Å². The molecular formula is C38H22N8O4. The Hall–Kier alpha value is -7.34. The Bertz CT molecular complexity index is 2870. The second-order valence-electron chi connectivity index (χ2n) is 11.7. The van der Waals surface area contributed by atoms with Crippen LogP contribution in [0.4, 0.5) is 0 Å². The van der Waals surface area contributed by atoms with Crippen molar-refractivity contribution in [3.05, 3.63) is 163 Å². The molecule has 0 aliphatic rings. The number of hydrogen-bond acceptors (Lipinski definition) is 8. The van der Waals surface area contributed by atoms with Gasteiger partial charge in [-0.2, -0.15) is 9.36 Å². The van der Waals surface area contributed by atoms with Gasteiger partial charge in [-0.25, -0.2) is 19.9 Å². The van der Waals surface area contributed by atoms with Crippen molar-refractivity contribution in [1.29, 1.82) is 0 Å². The van der Waals surface area contributed by atoms with Crippen molar-refractivity contribution in [1.82, 2.24) is 39.5 Å². The van der Waals surface area contributed by atoms with E-state index in [1.807, 2.05) is 84.9 Å². The molecule has 0 spiro atoms. The molecule has 0 atom stereocenters. The third-order valence-corrected chi connectivity index (χ3v) is 8.67. The van der Waals surface area contributed by atoms with Crippen LogP contribution in [0.25, 0.3) is 77.5 Å². The van der Waals surface area contributed by atoms with Crippen LogP contribution in [0.3, 0.4) is 0 Å². The van der Waals surface area contributed by atoms with Crippen molar-refractivity contribution < 1.29 is 0 Å². The van der Waals surface area contributed by atoms with E-state index in [4.69, 9.17) is 0 Å². The summed E-state index contributed by atoms with van der Waals surface area (Å²) in [7, 11) is 0. The molecule has 0 saturated heterocycles. The summed E-state index contributed by atoms with van der Waals surface area (Å²) in [5.41, 5.74) is 0.808. The highest BCUT2D eigenvalue weighted by Crippen LogP contribution is 2.29.